The van der Waals surface area contributed by atoms with Crippen molar-refractivity contribution < 1.29 is 107 Å². The van der Waals surface area contributed by atoms with Gasteiger partial charge >= 0.3 is 37.4 Å². The van der Waals surface area contributed by atoms with Crippen LogP contribution in [0.2, 0.25) is 0 Å². The summed E-state index contributed by atoms with van der Waals surface area (Å²) in [4.78, 5) is 26.1. The van der Waals surface area contributed by atoms with Gasteiger partial charge in [0.25, 0.3) is 11.1 Å². The molecule has 2 atom stereocenters. The second kappa shape index (κ2) is 27.4. The second-order valence-corrected chi connectivity index (χ2v) is 18.4. The molecule has 2 aromatic heterocycles. The molecule has 0 spiro atoms. The molecule has 0 unspecified atom stereocenters. The monoisotopic (exact) mass is 1290 g/mol. The van der Waals surface area contributed by atoms with Crippen molar-refractivity contribution in [2.45, 2.75) is 68.8 Å². The molecule has 0 bridgehead atoms. The first-order valence-electron chi connectivity index (χ1n) is 23.7. The SMILES string of the molecule is C.Cn1nnc(C[C@@](N)(c2ccc(F)cc2)c2cc(F)cc(OC(F)(F)C(F)F)c2)n1.Cn1nnc(C[C@@](NC(=O)c2ccc(F)c(C(F)(F)F)c2)(c2ccc(F)cc2)c2cc(F)cc(OC(F)(F)C(F)F)c2)n1.O=C(Cl)c1ccc(F)c(C(F)(F)F)c1. The minimum atomic E-state index is -5.21. The van der Waals surface area contributed by atoms with E-state index in [4.69, 9.17) is 17.3 Å². The van der Waals surface area contributed by atoms with E-state index in [9.17, 15) is 97.4 Å². The molecule has 35 heteroatoms. The van der Waals surface area contributed by atoms with Gasteiger partial charge in [0.2, 0.25) is 0 Å². The Kier molecular flexibility index (Phi) is 21.7. The standard InChI is InChI=1S/C26H17F10N5O2.C18H15F6N5O.C8H3ClF4O.CH4/c1-41-39-21(38-40-41)12-24(14-3-5-16(27)6-4-14,15-9-17(28)11-18(10-15)43-26(35,36)23(30)31)37-22(42)13-2-7-20(29)19(8-13)25(32,33)34;1-29-27-15(26-28-29)9-17(25,10-2-4-12(19)5-3-10)11-6-13(20)8-14(7-11)30-18(23,24)16(21)22;9-7(14)4-1-2-6(10)5(3-4)8(11,12)13;/h2-11,23H,12H2,1H3,(H,37,42);2-8,16H,9,25H2,1H3;1-3H;1H4/t24-;17-;;/m11../s1. The van der Waals surface area contributed by atoms with Crippen LogP contribution in [0.4, 0.5) is 87.8 Å². The predicted octanol–water partition coefficient (Wildman–Crippen LogP) is 12.8. The molecule has 8 aromatic rings. The number of ether oxygens (including phenoxy) is 2. The van der Waals surface area contributed by atoms with Crippen LogP contribution >= 0.6 is 11.6 Å². The van der Waals surface area contributed by atoms with Crippen molar-refractivity contribution in [3.63, 3.8) is 0 Å². The summed E-state index contributed by atoms with van der Waals surface area (Å²) in [5.41, 5.74) is -2.28. The van der Waals surface area contributed by atoms with Crippen molar-refractivity contribution in [1.82, 2.24) is 45.7 Å². The van der Waals surface area contributed by atoms with Gasteiger partial charge in [-0.1, -0.05) is 31.7 Å². The number of carbonyl (C=O) groups is 2. The fraction of sp³-hybridized carbons (Fsp3) is 0.245. The molecule has 0 aliphatic heterocycles. The quantitative estimate of drug-likeness (QED) is 0.0655. The number of hydrogen-bond donors (Lipinski definition) is 2. The zero-order valence-corrected chi connectivity index (χ0v) is 44.1. The van der Waals surface area contributed by atoms with Gasteiger partial charge in [0.15, 0.2) is 11.6 Å². The van der Waals surface area contributed by atoms with E-state index < -0.39 is 135 Å². The molecule has 0 aliphatic rings. The minimum absolute atomic E-state index is 0. The number of tetrazole rings is 2. The van der Waals surface area contributed by atoms with Crippen molar-refractivity contribution in [3.8, 4) is 11.5 Å². The van der Waals surface area contributed by atoms with Crippen LogP contribution in [0.5, 0.6) is 11.5 Å². The average Bonchev–Trinajstić information content (AvgIpc) is 0.998. The molecular formula is C53H39ClF20N10O4. The van der Waals surface area contributed by atoms with Crippen molar-refractivity contribution in [2.75, 3.05) is 0 Å². The van der Waals surface area contributed by atoms with Crippen molar-refractivity contribution in [1.29, 1.82) is 0 Å². The Morgan fingerprint density at radius 1 is 0.523 bits per heavy atom. The van der Waals surface area contributed by atoms with Gasteiger partial charge < -0.3 is 20.5 Å². The van der Waals surface area contributed by atoms with Crippen LogP contribution in [0.15, 0.2) is 121 Å². The van der Waals surface area contributed by atoms with E-state index in [0.29, 0.717) is 48.5 Å². The van der Waals surface area contributed by atoms with Crippen LogP contribution in [0.3, 0.4) is 0 Å². The molecule has 3 N–H and O–H groups in total. The Bertz CT molecular complexity index is 3720. The summed E-state index contributed by atoms with van der Waals surface area (Å²) in [7, 11) is 2.83. The second-order valence-electron chi connectivity index (χ2n) is 18.0. The molecule has 88 heavy (non-hydrogen) atoms. The van der Waals surface area contributed by atoms with Gasteiger partial charge in [-0.2, -0.15) is 71.1 Å². The maximum atomic E-state index is 14.8. The molecule has 0 radical (unpaired) electrons. The molecule has 14 nitrogen and oxygen atoms in total. The lowest BCUT2D eigenvalue weighted by molar-refractivity contribution is -0.253. The molecule has 1 amide bonds. The smallest absolute Gasteiger partial charge is 0.428 e. The molecular weight excluding hydrogens is 1260 g/mol. The van der Waals surface area contributed by atoms with E-state index >= 15 is 0 Å². The summed E-state index contributed by atoms with van der Waals surface area (Å²) >= 11 is 4.95. The zero-order chi connectivity index (χ0) is 64.8. The molecule has 0 saturated heterocycles. The number of nitrogens with two attached hydrogens (primary N) is 1. The highest BCUT2D eigenvalue weighted by Gasteiger charge is 2.47. The first kappa shape index (κ1) is 69.8. The summed E-state index contributed by atoms with van der Waals surface area (Å²) in [5, 5.41) is 24.1. The van der Waals surface area contributed by atoms with E-state index in [1.807, 2.05) is 0 Å². The highest BCUT2D eigenvalue weighted by molar-refractivity contribution is 6.67. The van der Waals surface area contributed by atoms with Gasteiger partial charge in [-0.3, -0.25) is 9.59 Å². The Balaban J connectivity index is 0.000000270. The van der Waals surface area contributed by atoms with Gasteiger partial charge in [0.05, 0.1) is 36.3 Å². The normalized spacial score (nSPS) is 13.2. The number of aryl methyl sites for hydroxylation is 2. The summed E-state index contributed by atoms with van der Waals surface area (Å²) in [6.45, 7) is 0. The van der Waals surface area contributed by atoms with Gasteiger partial charge in [0, 0.05) is 36.1 Å². The largest absolute Gasteiger partial charge is 0.461 e. The average molecular weight is 1300 g/mol. The highest BCUT2D eigenvalue weighted by Crippen LogP contribution is 2.40. The number of nitrogens with one attached hydrogen (secondary N) is 1. The van der Waals surface area contributed by atoms with Crippen LogP contribution in [-0.4, -0.2) is 76.6 Å². The summed E-state index contributed by atoms with van der Waals surface area (Å²) in [6.07, 6.45) is -29.2. The molecule has 0 aliphatic carbocycles. The van der Waals surface area contributed by atoms with E-state index in [1.165, 1.54) is 26.2 Å². The van der Waals surface area contributed by atoms with Crippen LogP contribution in [0.1, 0.15) is 73.2 Å². The minimum Gasteiger partial charge on any atom is -0.428 e. The van der Waals surface area contributed by atoms with Gasteiger partial charge in [0.1, 0.15) is 46.4 Å². The molecule has 8 rings (SSSR count). The number of aromatic nitrogens is 8. The first-order valence-corrected chi connectivity index (χ1v) is 24.0. The fourth-order valence-electron chi connectivity index (χ4n) is 7.85. The topological polar surface area (TPSA) is 178 Å². The fourth-order valence-corrected chi connectivity index (χ4v) is 7.97. The number of halogens is 21. The molecule has 6 aromatic carbocycles. The molecule has 0 saturated carbocycles. The lowest BCUT2D eigenvalue weighted by Crippen LogP contribution is -2.49. The molecule has 2 heterocycles. The number of alkyl halides is 14. The van der Waals surface area contributed by atoms with Crippen LogP contribution in [0, 0.1) is 34.9 Å². The number of amides is 1. The third-order valence-corrected chi connectivity index (χ3v) is 12.0. The summed E-state index contributed by atoms with van der Waals surface area (Å²) in [6, 6.07) is 15.9. The number of benzene rings is 6. The van der Waals surface area contributed by atoms with Crippen molar-refractivity contribution in [3.05, 3.63) is 212 Å². The number of rotatable bonds is 17. The van der Waals surface area contributed by atoms with Crippen LogP contribution in [0.25, 0.3) is 0 Å². The van der Waals surface area contributed by atoms with E-state index in [0.717, 1.165) is 64.2 Å². The van der Waals surface area contributed by atoms with E-state index in [-0.39, 0.29) is 53.8 Å². The Morgan fingerprint density at radius 2 is 0.920 bits per heavy atom. The van der Waals surface area contributed by atoms with Crippen molar-refractivity contribution in [2.24, 2.45) is 19.8 Å². The van der Waals surface area contributed by atoms with E-state index in [1.54, 1.807) is 0 Å². The summed E-state index contributed by atoms with van der Waals surface area (Å²) in [5.74, 6) is -10.3. The summed E-state index contributed by atoms with van der Waals surface area (Å²) < 4.78 is 272. The Labute approximate surface area is 486 Å². The highest BCUT2D eigenvalue weighted by atomic mass is 35.5. The van der Waals surface area contributed by atoms with Gasteiger partial charge in [-0.25, -0.2) is 26.3 Å². The van der Waals surface area contributed by atoms with E-state index in [2.05, 4.69) is 45.6 Å². The maximum Gasteiger partial charge on any atom is 0.461 e. The van der Waals surface area contributed by atoms with Gasteiger partial charge in [-0.15, -0.1) is 20.4 Å². The first-order chi connectivity index (χ1) is 40.3. The number of hydrogen-bond acceptors (Lipinski definition) is 11. The van der Waals surface area contributed by atoms with Crippen molar-refractivity contribution >= 4 is 22.8 Å². The zero-order valence-electron chi connectivity index (χ0n) is 43.3. The molecule has 0 fully saturated rings. The Hall–Kier alpha value is -8.95. The predicted molar refractivity (Wildman–Crippen MR) is 267 cm³/mol. The Morgan fingerprint density at radius 3 is 1.33 bits per heavy atom. The number of carbonyl (C=O) groups excluding carboxylic acids is 2. The molecule has 472 valence electrons. The maximum absolute atomic E-state index is 14.8. The third kappa shape index (κ3) is 17.4. The lowest BCUT2D eigenvalue weighted by atomic mass is 9.79. The van der Waals surface area contributed by atoms with Crippen LogP contribution in [-0.2, 0) is 50.4 Å². The number of nitrogens with zero attached hydrogens (tertiary/aromatic N) is 8. The van der Waals surface area contributed by atoms with Crippen LogP contribution < -0.4 is 20.5 Å². The third-order valence-electron chi connectivity index (χ3n) is 11.8. The lowest BCUT2D eigenvalue weighted by Gasteiger charge is -2.36. The van der Waals surface area contributed by atoms with Gasteiger partial charge in [-0.05, 0) is 129 Å².